The molecule has 2 aliphatic rings. The molecule has 1 fully saturated rings. The second kappa shape index (κ2) is 11.1. The maximum atomic E-state index is 13.4. The first kappa shape index (κ1) is 27.5. The number of β-amino-alcohol motifs (C(OH)–C–C–N with tert-alkyl or cyclic N) is 1. The molecule has 1 unspecified atom stereocenters. The van der Waals surface area contributed by atoms with E-state index >= 15 is 0 Å². The lowest BCUT2D eigenvalue weighted by molar-refractivity contribution is -0.0305. The van der Waals surface area contributed by atoms with Crippen molar-refractivity contribution in [3.8, 4) is 11.5 Å². The highest BCUT2D eigenvalue weighted by molar-refractivity contribution is 7.89. The summed E-state index contributed by atoms with van der Waals surface area (Å²) in [4.78, 5) is 14.8. The predicted molar refractivity (Wildman–Crippen MR) is 133 cm³/mol. The van der Waals surface area contributed by atoms with Crippen molar-refractivity contribution in [2.45, 2.75) is 56.6 Å². The van der Waals surface area contributed by atoms with Gasteiger partial charge in [-0.3, -0.25) is 9.69 Å². The number of hydrogen-bond donors (Lipinski definition) is 2. The summed E-state index contributed by atoms with van der Waals surface area (Å²) >= 11 is 0. The lowest BCUT2D eigenvalue weighted by atomic mass is 9.83. The van der Waals surface area contributed by atoms with Crippen LogP contribution in [0, 0.1) is 13.8 Å². The van der Waals surface area contributed by atoms with Crippen molar-refractivity contribution in [2.24, 2.45) is 0 Å². The molecule has 3 heterocycles. The lowest BCUT2D eigenvalue weighted by Gasteiger charge is -2.45. The Labute approximate surface area is 217 Å². The van der Waals surface area contributed by atoms with E-state index in [2.05, 4.69) is 5.16 Å². The number of carbonyl (C=O) groups is 1. The van der Waals surface area contributed by atoms with Gasteiger partial charge in [-0.15, -0.1) is 0 Å². The molecule has 2 aromatic rings. The van der Waals surface area contributed by atoms with Gasteiger partial charge >= 0.3 is 0 Å². The van der Waals surface area contributed by atoms with Crippen LogP contribution in [0.4, 0.5) is 0 Å². The number of fused-ring (bicyclic) bond motifs is 1. The second-order valence-corrected chi connectivity index (χ2v) is 11.6. The molecule has 2 aliphatic heterocycles. The minimum atomic E-state index is -3.98. The molecule has 2 atom stereocenters. The number of aryl methyl sites for hydroxylation is 2. The van der Waals surface area contributed by atoms with E-state index < -0.39 is 21.7 Å². The molecule has 204 valence electrons. The summed E-state index contributed by atoms with van der Waals surface area (Å²) in [5, 5.41) is 24.5. The highest BCUT2D eigenvalue weighted by atomic mass is 32.2. The highest BCUT2D eigenvalue weighted by Gasteiger charge is 2.44. The number of likely N-dealkylation sites (tertiary alicyclic amines) is 1. The average molecular weight is 538 g/mol. The van der Waals surface area contributed by atoms with Crippen LogP contribution < -0.4 is 4.74 Å². The molecule has 1 spiro atoms. The van der Waals surface area contributed by atoms with Gasteiger partial charge in [-0.2, -0.15) is 4.31 Å². The zero-order valence-electron chi connectivity index (χ0n) is 21.5. The second-order valence-electron chi connectivity index (χ2n) is 9.77. The third kappa shape index (κ3) is 5.99. The summed E-state index contributed by atoms with van der Waals surface area (Å²) in [6.45, 7) is 6.83. The Morgan fingerprint density at radius 3 is 2.81 bits per heavy atom. The number of carbonyl (C=O) groups excluding carboxylic acids is 1. The fraction of sp³-hybridized carbons (Fsp3) is 0.600. The molecule has 0 saturated carbocycles. The molecule has 0 aliphatic carbocycles. The van der Waals surface area contributed by atoms with Crippen molar-refractivity contribution in [3.63, 3.8) is 0 Å². The molecule has 1 aromatic carbocycles. The van der Waals surface area contributed by atoms with Gasteiger partial charge in [0.15, 0.2) is 11.5 Å². The number of ketones is 1. The Hall–Kier alpha value is -2.51. The molecular weight excluding hydrogens is 502 g/mol. The van der Waals surface area contributed by atoms with Crippen LogP contribution in [0.5, 0.6) is 11.5 Å². The molecule has 4 rings (SSSR count). The van der Waals surface area contributed by atoms with E-state index in [4.69, 9.17) is 14.0 Å². The predicted octanol–water partition coefficient (Wildman–Crippen LogP) is 1.89. The number of ether oxygens (including phenoxy) is 2. The Bertz CT molecular complexity index is 1210. The van der Waals surface area contributed by atoms with E-state index in [1.165, 1.54) is 16.4 Å². The molecule has 12 heteroatoms. The standard InChI is InChI=1S/C25H35N3O8S/c1-4-34-11-10-28(37(32,33)24-17(2)26-36-18(24)3)15-20(30)14-27-9-5-8-25(16-27)13-22(31)21-12-19(29)6-7-23(21)35-25/h6-7,12,20,29-30H,4-5,8-11,13-16H2,1-3H3/t20-,25?/m0/s1. The molecule has 11 nitrogen and oxygen atoms in total. The lowest BCUT2D eigenvalue weighted by Crippen LogP contribution is -2.56. The summed E-state index contributed by atoms with van der Waals surface area (Å²) in [5.74, 6) is 0.566. The van der Waals surface area contributed by atoms with Gasteiger partial charge < -0.3 is 24.2 Å². The minimum Gasteiger partial charge on any atom is -0.508 e. The van der Waals surface area contributed by atoms with Crippen LogP contribution >= 0.6 is 0 Å². The highest BCUT2D eigenvalue weighted by Crippen LogP contribution is 2.39. The molecule has 2 N–H and O–H groups in total. The quantitative estimate of drug-likeness (QED) is 0.431. The average Bonchev–Trinajstić information content (AvgIpc) is 3.17. The zero-order chi connectivity index (χ0) is 26.8. The van der Waals surface area contributed by atoms with E-state index in [-0.39, 0.29) is 60.5 Å². The summed E-state index contributed by atoms with van der Waals surface area (Å²) in [5.41, 5.74) is -0.0903. The molecule has 37 heavy (non-hydrogen) atoms. The number of aliphatic hydroxyl groups excluding tert-OH is 1. The van der Waals surface area contributed by atoms with Crippen molar-refractivity contribution in [1.82, 2.24) is 14.4 Å². The first-order valence-electron chi connectivity index (χ1n) is 12.5. The van der Waals surface area contributed by atoms with Crippen molar-refractivity contribution in [3.05, 3.63) is 35.2 Å². The topological polar surface area (TPSA) is 143 Å². The van der Waals surface area contributed by atoms with Gasteiger partial charge in [-0.25, -0.2) is 8.42 Å². The van der Waals surface area contributed by atoms with Crippen LogP contribution in [-0.4, -0.2) is 96.4 Å². The van der Waals surface area contributed by atoms with Crippen LogP contribution in [0.2, 0.25) is 0 Å². The molecule has 0 radical (unpaired) electrons. The molecule has 1 saturated heterocycles. The van der Waals surface area contributed by atoms with Crippen LogP contribution in [0.15, 0.2) is 27.6 Å². The van der Waals surface area contributed by atoms with Crippen molar-refractivity contribution < 1.29 is 37.4 Å². The number of Topliss-reactive ketones (excluding diaryl/α,β-unsaturated/α-hetero) is 1. The van der Waals surface area contributed by atoms with E-state index in [9.17, 15) is 23.4 Å². The van der Waals surface area contributed by atoms with Gasteiger partial charge in [0.25, 0.3) is 0 Å². The molecule has 0 amide bonds. The minimum absolute atomic E-state index is 0.00643. The maximum absolute atomic E-state index is 13.4. The third-order valence-corrected chi connectivity index (χ3v) is 8.94. The largest absolute Gasteiger partial charge is 0.508 e. The first-order valence-corrected chi connectivity index (χ1v) is 13.9. The summed E-state index contributed by atoms with van der Waals surface area (Å²) < 4.78 is 44.8. The fourth-order valence-corrected chi connectivity index (χ4v) is 6.99. The van der Waals surface area contributed by atoms with E-state index in [0.717, 1.165) is 6.42 Å². The Morgan fingerprint density at radius 2 is 2.11 bits per heavy atom. The number of phenols is 1. The summed E-state index contributed by atoms with van der Waals surface area (Å²) in [6.07, 6.45) is 0.637. The summed E-state index contributed by atoms with van der Waals surface area (Å²) in [7, 11) is -3.98. The van der Waals surface area contributed by atoms with Crippen LogP contribution in [0.25, 0.3) is 0 Å². The number of rotatable bonds is 10. The number of aromatic hydroxyl groups is 1. The first-order chi connectivity index (χ1) is 17.5. The normalized spacial score (nSPS) is 21.3. The number of aromatic nitrogens is 1. The Morgan fingerprint density at radius 1 is 1.32 bits per heavy atom. The number of aliphatic hydroxyl groups is 1. The number of hydrogen-bond acceptors (Lipinski definition) is 10. The maximum Gasteiger partial charge on any atom is 0.248 e. The summed E-state index contributed by atoms with van der Waals surface area (Å²) in [6, 6.07) is 4.52. The Balaban J connectivity index is 1.46. The van der Waals surface area contributed by atoms with E-state index in [0.29, 0.717) is 37.4 Å². The van der Waals surface area contributed by atoms with Gasteiger partial charge in [0.1, 0.15) is 27.7 Å². The van der Waals surface area contributed by atoms with Gasteiger partial charge in [0.2, 0.25) is 10.0 Å². The smallest absolute Gasteiger partial charge is 0.248 e. The van der Waals surface area contributed by atoms with Gasteiger partial charge in [0, 0.05) is 32.8 Å². The zero-order valence-corrected chi connectivity index (χ0v) is 22.3. The van der Waals surface area contributed by atoms with Gasteiger partial charge in [-0.05, 0) is 58.4 Å². The van der Waals surface area contributed by atoms with E-state index in [1.54, 1.807) is 19.9 Å². The Kier molecular flexibility index (Phi) is 8.24. The van der Waals surface area contributed by atoms with Gasteiger partial charge in [0.05, 0.1) is 24.7 Å². The fourth-order valence-electron chi connectivity index (χ4n) is 5.24. The number of phenolic OH excluding ortho intramolecular Hbond substituents is 1. The number of nitrogens with zero attached hydrogens (tertiary/aromatic N) is 3. The number of sulfonamides is 1. The van der Waals surface area contributed by atoms with Crippen LogP contribution in [0.3, 0.4) is 0 Å². The van der Waals surface area contributed by atoms with Crippen molar-refractivity contribution in [1.29, 1.82) is 0 Å². The third-order valence-electron chi connectivity index (χ3n) is 6.83. The monoisotopic (exact) mass is 537 g/mol. The van der Waals surface area contributed by atoms with Crippen LogP contribution in [0.1, 0.15) is 48.0 Å². The van der Waals surface area contributed by atoms with Crippen molar-refractivity contribution in [2.75, 3.05) is 45.9 Å². The number of benzene rings is 1. The number of piperidine rings is 1. The van der Waals surface area contributed by atoms with Crippen LogP contribution in [-0.2, 0) is 14.8 Å². The van der Waals surface area contributed by atoms with Gasteiger partial charge in [-0.1, -0.05) is 5.16 Å². The van der Waals surface area contributed by atoms with E-state index in [1.807, 2.05) is 11.8 Å². The molecule has 1 aromatic heterocycles. The molecular formula is C25H35N3O8S. The van der Waals surface area contributed by atoms with Crippen molar-refractivity contribution >= 4 is 15.8 Å². The molecule has 0 bridgehead atoms. The SMILES string of the molecule is CCOCCN(C[C@@H](O)CN1CCCC2(CC(=O)c3cc(O)ccc3O2)C1)S(=O)(=O)c1c(C)noc1C.